The van der Waals surface area contributed by atoms with Crippen LogP contribution >= 0.6 is 0 Å². The fraction of sp³-hybridized carbons (Fsp3) is 0.583. The first-order valence-electron chi connectivity index (χ1n) is 5.54. The van der Waals surface area contributed by atoms with Crippen molar-refractivity contribution in [2.75, 3.05) is 11.4 Å². The molecule has 2 rings (SSSR count). The highest BCUT2D eigenvalue weighted by Gasteiger charge is 2.26. The third-order valence-electron chi connectivity index (χ3n) is 3.03. The number of nitrogens with zero attached hydrogens (tertiary/aromatic N) is 2. The Hall–Kier alpha value is -1.09. The number of anilines is 1. The first-order chi connectivity index (χ1) is 7.20. The molecule has 0 amide bonds. The molecule has 0 bridgehead atoms. The lowest BCUT2D eigenvalue weighted by Gasteiger charge is -2.22. The number of hydrogen-bond donors (Lipinski definition) is 1. The van der Waals surface area contributed by atoms with E-state index in [1.165, 1.54) is 6.42 Å². The summed E-state index contributed by atoms with van der Waals surface area (Å²) in [7, 11) is 0. The molecule has 3 nitrogen and oxygen atoms in total. The Morgan fingerprint density at radius 2 is 2.27 bits per heavy atom. The summed E-state index contributed by atoms with van der Waals surface area (Å²) in [5.41, 5.74) is 0.749. The molecule has 1 aliphatic rings. The molecule has 0 aliphatic carbocycles. The number of rotatable bonds is 2. The van der Waals surface area contributed by atoms with Crippen molar-refractivity contribution in [1.29, 1.82) is 0 Å². The van der Waals surface area contributed by atoms with Crippen molar-refractivity contribution in [2.24, 2.45) is 5.92 Å². The minimum Gasteiger partial charge on any atom is -0.390 e. The van der Waals surface area contributed by atoms with E-state index < -0.39 is 0 Å². The van der Waals surface area contributed by atoms with Gasteiger partial charge in [0.1, 0.15) is 5.82 Å². The maximum atomic E-state index is 9.04. The van der Waals surface area contributed by atoms with E-state index in [1.807, 2.05) is 18.2 Å². The van der Waals surface area contributed by atoms with E-state index >= 15 is 0 Å². The fourth-order valence-electron chi connectivity index (χ4n) is 2.33. The Morgan fingerprint density at radius 3 is 2.87 bits per heavy atom. The molecule has 0 radical (unpaired) electrons. The minimum absolute atomic E-state index is 0.0195. The van der Waals surface area contributed by atoms with E-state index in [0.29, 0.717) is 6.04 Å². The van der Waals surface area contributed by atoms with Gasteiger partial charge in [0.05, 0.1) is 12.3 Å². The molecule has 15 heavy (non-hydrogen) atoms. The normalized spacial score (nSPS) is 25.9. The summed E-state index contributed by atoms with van der Waals surface area (Å²) in [6.45, 7) is 5.60. The summed E-state index contributed by atoms with van der Waals surface area (Å²) in [5.74, 6) is 1.73. The van der Waals surface area contributed by atoms with Crippen molar-refractivity contribution in [3.63, 3.8) is 0 Å². The second kappa shape index (κ2) is 4.19. The Bertz CT molecular complexity index is 340. The van der Waals surface area contributed by atoms with Crippen LogP contribution in [-0.4, -0.2) is 22.7 Å². The monoisotopic (exact) mass is 206 g/mol. The van der Waals surface area contributed by atoms with Gasteiger partial charge in [0.2, 0.25) is 0 Å². The van der Waals surface area contributed by atoms with E-state index in [0.717, 1.165) is 24.0 Å². The van der Waals surface area contributed by atoms with Gasteiger partial charge in [-0.1, -0.05) is 13.0 Å². The largest absolute Gasteiger partial charge is 0.390 e. The van der Waals surface area contributed by atoms with Crippen LogP contribution in [0.1, 0.15) is 26.0 Å². The lowest BCUT2D eigenvalue weighted by atomic mass is 10.1. The zero-order chi connectivity index (χ0) is 10.8. The predicted molar refractivity (Wildman–Crippen MR) is 60.7 cm³/mol. The Kier molecular flexibility index (Phi) is 2.91. The van der Waals surface area contributed by atoms with Gasteiger partial charge in [-0.15, -0.1) is 0 Å². The third kappa shape index (κ3) is 2.12. The van der Waals surface area contributed by atoms with Crippen molar-refractivity contribution in [3.05, 3.63) is 23.9 Å². The van der Waals surface area contributed by atoms with Crippen LogP contribution in [-0.2, 0) is 6.61 Å². The quantitative estimate of drug-likeness (QED) is 0.801. The van der Waals surface area contributed by atoms with E-state index in [9.17, 15) is 0 Å². The highest BCUT2D eigenvalue weighted by Crippen LogP contribution is 2.27. The average Bonchev–Trinajstić information content (AvgIpc) is 2.58. The molecule has 1 N–H and O–H groups in total. The summed E-state index contributed by atoms with van der Waals surface area (Å²) >= 11 is 0. The highest BCUT2D eigenvalue weighted by molar-refractivity contribution is 5.41. The maximum absolute atomic E-state index is 9.04. The number of pyridine rings is 1. The van der Waals surface area contributed by atoms with Gasteiger partial charge in [-0.05, 0) is 31.4 Å². The summed E-state index contributed by atoms with van der Waals surface area (Å²) in [4.78, 5) is 6.76. The highest BCUT2D eigenvalue weighted by atomic mass is 16.3. The van der Waals surface area contributed by atoms with Gasteiger partial charge in [-0.25, -0.2) is 4.98 Å². The molecule has 1 aliphatic heterocycles. The molecule has 82 valence electrons. The van der Waals surface area contributed by atoms with Gasteiger partial charge in [0.15, 0.2) is 0 Å². The van der Waals surface area contributed by atoms with E-state index in [-0.39, 0.29) is 6.61 Å². The van der Waals surface area contributed by atoms with Crippen LogP contribution in [0.4, 0.5) is 5.82 Å². The zero-order valence-electron chi connectivity index (χ0n) is 9.35. The third-order valence-corrected chi connectivity index (χ3v) is 3.03. The SMILES string of the molecule is CC1CC(C)N(c2cccc(CO)n2)C1. The van der Waals surface area contributed by atoms with Crippen LogP contribution < -0.4 is 4.90 Å². The molecular formula is C12H18N2O. The van der Waals surface area contributed by atoms with Crippen molar-refractivity contribution in [2.45, 2.75) is 32.9 Å². The van der Waals surface area contributed by atoms with Crippen LogP contribution in [0.5, 0.6) is 0 Å². The maximum Gasteiger partial charge on any atom is 0.129 e. The molecule has 2 atom stereocenters. The fourth-order valence-corrected chi connectivity index (χ4v) is 2.33. The first kappa shape index (κ1) is 10.4. The van der Waals surface area contributed by atoms with E-state index in [4.69, 9.17) is 5.11 Å². The summed E-state index contributed by atoms with van der Waals surface area (Å²) in [5, 5.41) is 9.04. The molecule has 0 aromatic carbocycles. The number of hydrogen-bond acceptors (Lipinski definition) is 3. The first-order valence-corrected chi connectivity index (χ1v) is 5.54. The number of aromatic nitrogens is 1. The topological polar surface area (TPSA) is 36.4 Å². The lowest BCUT2D eigenvalue weighted by molar-refractivity contribution is 0.277. The predicted octanol–water partition coefficient (Wildman–Crippen LogP) is 1.81. The molecule has 1 aromatic rings. The van der Waals surface area contributed by atoms with E-state index in [1.54, 1.807) is 0 Å². The second-order valence-corrected chi connectivity index (χ2v) is 4.49. The van der Waals surface area contributed by atoms with Gasteiger partial charge in [-0.2, -0.15) is 0 Å². The van der Waals surface area contributed by atoms with E-state index in [2.05, 4.69) is 23.7 Å². The van der Waals surface area contributed by atoms with Crippen molar-refractivity contribution < 1.29 is 5.11 Å². The van der Waals surface area contributed by atoms with Gasteiger partial charge in [0, 0.05) is 12.6 Å². The van der Waals surface area contributed by atoms with Gasteiger partial charge >= 0.3 is 0 Å². The zero-order valence-corrected chi connectivity index (χ0v) is 9.35. The van der Waals surface area contributed by atoms with Gasteiger partial charge in [-0.3, -0.25) is 0 Å². The molecule has 2 unspecified atom stereocenters. The Labute approximate surface area is 90.8 Å². The standard InChI is InChI=1S/C12H18N2O/c1-9-6-10(2)14(7-9)12-5-3-4-11(8-15)13-12/h3-5,9-10,15H,6-8H2,1-2H3. The molecule has 1 aromatic heterocycles. The molecule has 0 spiro atoms. The second-order valence-electron chi connectivity index (χ2n) is 4.49. The molecular weight excluding hydrogens is 188 g/mol. The van der Waals surface area contributed by atoms with Crippen molar-refractivity contribution in [1.82, 2.24) is 4.98 Å². The molecule has 0 saturated carbocycles. The van der Waals surface area contributed by atoms with Crippen LogP contribution in [0, 0.1) is 5.92 Å². The van der Waals surface area contributed by atoms with Crippen LogP contribution in [0.2, 0.25) is 0 Å². The summed E-state index contributed by atoms with van der Waals surface area (Å²) < 4.78 is 0. The summed E-state index contributed by atoms with van der Waals surface area (Å²) in [6, 6.07) is 6.40. The van der Waals surface area contributed by atoms with Crippen LogP contribution in [0.15, 0.2) is 18.2 Å². The molecule has 3 heteroatoms. The Morgan fingerprint density at radius 1 is 1.47 bits per heavy atom. The van der Waals surface area contributed by atoms with Crippen LogP contribution in [0.25, 0.3) is 0 Å². The summed E-state index contributed by atoms with van der Waals surface area (Å²) in [6.07, 6.45) is 1.23. The Balaban J connectivity index is 2.21. The average molecular weight is 206 g/mol. The number of aliphatic hydroxyl groups excluding tert-OH is 1. The molecule has 2 heterocycles. The van der Waals surface area contributed by atoms with Gasteiger partial charge in [0.25, 0.3) is 0 Å². The lowest BCUT2D eigenvalue weighted by Crippen LogP contribution is -2.27. The smallest absolute Gasteiger partial charge is 0.129 e. The molecule has 1 saturated heterocycles. The number of aliphatic hydroxyl groups is 1. The minimum atomic E-state index is 0.0195. The van der Waals surface area contributed by atoms with Crippen molar-refractivity contribution in [3.8, 4) is 0 Å². The van der Waals surface area contributed by atoms with Crippen LogP contribution in [0.3, 0.4) is 0 Å². The van der Waals surface area contributed by atoms with Gasteiger partial charge < -0.3 is 10.0 Å². The van der Waals surface area contributed by atoms with Crippen molar-refractivity contribution >= 4 is 5.82 Å². The molecule has 1 fully saturated rings.